The number of benzene rings is 1. The summed E-state index contributed by atoms with van der Waals surface area (Å²) in [5.41, 5.74) is 3.07. The van der Waals surface area contributed by atoms with Crippen LogP contribution < -0.4 is 0 Å². The van der Waals surface area contributed by atoms with Crippen molar-refractivity contribution >= 4 is 16.3 Å². The van der Waals surface area contributed by atoms with Crippen LogP contribution in [0.2, 0.25) is 0 Å². The smallest absolute Gasteiger partial charge is 0.235 e. The molecule has 0 N–H and O–H groups in total. The summed E-state index contributed by atoms with van der Waals surface area (Å²) < 4.78 is 1.78. The molecule has 4 aromatic rings. The number of pyridine rings is 1. The van der Waals surface area contributed by atoms with Gasteiger partial charge in [-0.1, -0.05) is 47.2 Å². The maximum absolute atomic E-state index is 4.59. The van der Waals surface area contributed by atoms with Gasteiger partial charge in [-0.3, -0.25) is 4.98 Å². The Morgan fingerprint density at radius 1 is 1.00 bits per heavy atom. The van der Waals surface area contributed by atoms with Gasteiger partial charge in [-0.2, -0.15) is 9.61 Å². The first-order chi connectivity index (χ1) is 10.3. The molecular weight excluding hydrogens is 282 g/mol. The largest absolute Gasteiger partial charge is 0.254 e. The Balaban J connectivity index is 1.85. The van der Waals surface area contributed by atoms with Crippen molar-refractivity contribution in [1.29, 1.82) is 0 Å². The molecule has 6 heteroatoms. The van der Waals surface area contributed by atoms with E-state index < -0.39 is 0 Å². The molecule has 0 spiro atoms. The van der Waals surface area contributed by atoms with Crippen LogP contribution in [-0.4, -0.2) is 24.8 Å². The molecule has 0 saturated carbocycles. The Labute approximate surface area is 124 Å². The van der Waals surface area contributed by atoms with E-state index in [1.54, 1.807) is 10.7 Å². The minimum atomic E-state index is 0.753. The first kappa shape index (κ1) is 12.2. The second-order valence-electron chi connectivity index (χ2n) is 4.71. The standard InChI is InChI=1S/C15H11N5S/c1-10-5-7-11(8-6-10)13-17-18-15-20(13)19-14(21-15)12-4-2-3-9-16-12/h2-9H,1H3. The van der Waals surface area contributed by atoms with Crippen LogP contribution >= 0.6 is 11.3 Å². The van der Waals surface area contributed by atoms with Gasteiger partial charge in [0.2, 0.25) is 4.96 Å². The van der Waals surface area contributed by atoms with Crippen molar-refractivity contribution < 1.29 is 0 Å². The number of nitrogens with zero attached hydrogens (tertiary/aromatic N) is 5. The summed E-state index contributed by atoms with van der Waals surface area (Å²) in [6.07, 6.45) is 1.76. The molecule has 3 aromatic heterocycles. The van der Waals surface area contributed by atoms with Gasteiger partial charge in [0.25, 0.3) is 0 Å². The number of fused-ring (bicyclic) bond motifs is 1. The van der Waals surface area contributed by atoms with Gasteiger partial charge in [-0.05, 0) is 19.1 Å². The fourth-order valence-electron chi connectivity index (χ4n) is 2.09. The van der Waals surface area contributed by atoms with E-state index in [0.29, 0.717) is 0 Å². The van der Waals surface area contributed by atoms with Crippen molar-refractivity contribution in [3.8, 4) is 22.1 Å². The summed E-state index contributed by atoms with van der Waals surface area (Å²) in [5, 5.41) is 13.9. The molecule has 0 aliphatic heterocycles. The third kappa shape index (κ3) is 2.09. The van der Waals surface area contributed by atoms with Gasteiger partial charge < -0.3 is 0 Å². The SMILES string of the molecule is Cc1ccc(-c2nnc3sc(-c4ccccn4)nn23)cc1. The molecule has 0 unspecified atom stereocenters. The van der Waals surface area contributed by atoms with Crippen LogP contribution in [0.3, 0.4) is 0 Å². The van der Waals surface area contributed by atoms with Crippen molar-refractivity contribution in [3.63, 3.8) is 0 Å². The zero-order valence-corrected chi connectivity index (χ0v) is 12.1. The number of aryl methyl sites for hydroxylation is 1. The van der Waals surface area contributed by atoms with Crippen LogP contribution in [0.4, 0.5) is 0 Å². The molecule has 5 nitrogen and oxygen atoms in total. The van der Waals surface area contributed by atoms with Gasteiger partial charge in [0.05, 0.1) is 0 Å². The van der Waals surface area contributed by atoms with E-state index >= 15 is 0 Å². The van der Waals surface area contributed by atoms with Gasteiger partial charge in [0.15, 0.2) is 10.8 Å². The quantitative estimate of drug-likeness (QED) is 0.569. The summed E-state index contributed by atoms with van der Waals surface area (Å²) in [6, 6.07) is 14.0. The third-order valence-electron chi connectivity index (χ3n) is 3.18. The van der Waals surface area contributed by atoms with E-state index in [9.17, 15) is 0 Å². The second kappa shape index (κ2) is 4.75. The van der Waals surface area contributed by atoms with E-state index in [1.165, 1.54) is 16.9 Å². The fourth-order valence-corrected chi connectivity index (χ4v) is 2.91. The highest BCUT2D eigenvalue weighted by molar-refractivity contribution is 7.19. The zero-order chi connectivity index (χ0) is 14.2. The van der Waals surface area contributed by atoms with Gasteiger partial charge in [0.1, 0.15) is 5.69 Å². The molecule has 102 valence electrons. The van der Waals surface area contributed by atoms with Crippen LogP contribution in [0.15, 0.2) is 48.7 Å². The van der Waals surface area contributed by atoms with Gasteiger partial charge in [0, 0.05) is 11.8 Å². The average Bonchev–Trinajstić information content (AvgIpc) is 3.09. The van der Waals surface area contributed by atoms with Crippen LogP contribution in [0.1, 0.15) is 5.56 Å². The maximum atomic E-state index is 4.59. The predicted molar refractivity (Wildman–Crippen MR) is 82.1 cm³/mol. The summed E-state index contributed by atoms with van der Waals surface area (Å²) >= 11 is 1.48. The van der Waals surface area contributed by atoms with E-state index in [-0.39, 0.29) is 0 Å². The van der Waals surface area contributed by atoms with Crippen molar-refractivity contribution in [2.45, 2.75) is 6.92 Å². The molecule has 0 saturated heterocycles. The summed E-state index contributed by atoms with van der Waals surface area (Å²) in [6.45, 7) is 2.06. The molecular formula is C15H11N5S. The fraction of sp³-hybridized carbons (Fsp3) is 0.0667. The molecule has 1 aromatic carbocycles. The van der Waals surface area contributed by atoms with Crippen molar-refractivity contribution in [3.05, 3.63) is 54.2 Å². The van der Waals surface area contributed by atoms with Crippen LogP contribution in [0.5, 0.6) is 0 Å². The topological polar surface area (TPSA) is 56.0 Å². The average molecular weight is 293 g/mol. The first-order valence-corrected chi connectivity index (χ1v) is 7.33. The van der Waals surface area contributed by atoms with Gasteiger partial charge in [-0.15, -0.1) is 10.2 Å². The Morgan fingerprint density at radius 3 is 2.62 bits per heavy atom. The molecule has 0 aliphatic rings. The summed E-state index contributed by atoms with van der Waals surface area (Å²) in [4.78, 5) is 5.09. The van der Waals surface area contributed by atoms with E-state index in [2.05, 4.69) is 39.3 Å². The predicted octanol–water partition coefficient (Wildman–Crippen LogP) is 3.22. The third-order valence-corrected chi connectivity index (χ3v) is 4.11. The van der Waals surface area contributed by atoms with Crippen molar-refractivity contribution in [1.82, 2.24) is 24.8 Å². The van der Waals surface area contributed by atoms with E-state index in [1.807, 2.05) is 30.3 Å². The lowest BCUT2D eigenvalue weighted by Gasteiger charge is -1.97. The van der Waals surface area contributed by atoms with Crippen LogP contribution in [0.25, 0.3) is 27.1 Å². The lowest BCUT2D eigenvalue weighted by molar-refractivity contribution is 0.967. The lowest BCUT2D eigenvalue weighted by atomic mass is 10.1. The molecule has 3 heterocycles. The molecule has 0 aliphatic carbocycles. The first-order valence-electron chi connectivity index (χ1n) is 6.52. The highest BCUT2D eigenvalue weighted by Crippen LogP contribution is 2.26. The highest BCUT2D eigenvalue weighted by Gasteiger charge is 2.14. The lowest BCUT2D eigenvalue weighted by Crippen LogP contribution is -1.91. The van der Waals surface area contributed by atoms with Crippen LogP contribution in [-0.2, 0) is 0 Å². The number of hydrogen-bond acceptors (Lipinski definition) is 5. The monoisotopic (exact) mass is 293 g/mol. The Morgan fingerprint density at radius 2 is 1.86 bits per heavy atom. The summed E-state index contributed by atoms with van der Waals surface area (Å²) in [5.74, 6) is 0.753. The van der Waals surface area contributed by atoms with Gasteiger partial charge >= 0.3 is 0 Å². The van der Waals surface area contributed by atoms with Crippen molar-refractivity contribution in [2.75, 3.05) is 0 Å². The van der Waals surface area contributed by atoms with Crippen molar-refractivity contribution in [2.24, 2.45) is 0 Å². The highest BCUT2D eigenvalue weighted by atomic mass is 32.1. The minimum absolute atomic E-state index is 0.753. The van der Waals surface area contributed by atoms with Crippen LogP contribution in [0, 0.1) is 6.92 Å². The Hall–Kier alpha value is -2.60. The number of hydrogen-bond donors (Lipinski definition) is 0. The molecule has 0 radical (unpaired) electrons. The molecule has 0 bridgehead atoms. The molecule has 4 rings (SSSR count). The summed E-state index contributed by atoms with van der Waals surface area (Å²) in [7, 11) is 0. The minimum Gasteiger partial charge on any atom is -0.254 e. The van der Waals surface area contributed by atoms with E-state index in [4.69, 9.17) is 0 Å². The number of aromatic nitrogens is 5. The Bertz CT molecular complexity index is 893. The molecule has 0 atom stereocenters. The number of rotatable bonds is 2. The normalized spacial score (nSPS) is 11.1. The second-order valence-corrected chi connectivity index (χ2v) is 5.66. The Kier molecular flexibility index (Phi) is 2.75. The van der Waals surface area contributed by atoms with Gasteiger partial charge in [-0.25, -0.2) is 0 Å². The zero-order valence-electron chi connectivity index (χ0n) is 11.3. The molecule has 21 heavy (non-hydrogen) atoms. The maximum Gasteiger partial charge on any atom is 0.235 e. The molecule has 0 amide bonds. The molecule has 0 fully saturated rings. The van der Waals surface area contributed by atoms with E-state index in [0.717, 1.165) is 27.1 Å².